The molecule has 10 heteroatoms. The largest absolute Gasteiger partial charge is 0.339 e. The zero-order chi connectivity index (χ0) is 21.9. The molecule has 1 fully saturated rings. The van der Waals surface area contributed by atoms with Crippen molar-refractivity contribution in [3.05, 3.63) is 63.9 Å². The maximum atomic E-state index is 13.9. The number of sulfonamides is 1. The molecule has 0 aromatic heterocycles. The first-order valence-corrected chi connectivity index (χ1v) is 11.5. The molecule has 2 aromatic rings. The van der Waals surface area contributed by atoms with Crippen LogP contribution >= 0.6 is 23.2 Å². The van der Waals surface area contributed by atoms with Crippen LogP contribution in [0.4, 0.5) is 4.39 Å². The van der Waals surface area contributed by atoms with Gasteiger partial charge in [-0.2, -0.15) is 4.31 Å². The van der Waals surface area contributed by atoms with Crippen LogP contribution in [0, 0.1) is 5.82 Å². The number of rotatable bonds is 6. The summed E-state index contributed by atoms with van der Waals surface area (Å²) in [6.45, 7) is 1.41. The summed E-state index contributed by atoms with van der Waals surface area (Å²) < 4.78 is 40.5. The molecule has 0 spiro atoms. The topological polar surface area (TPSA) is 60.9 Å². The van der Waals surface area contributed by atoms with Crippen molar-refractivity contribution in [2.24, 2.45) is 0 Å². The van der Waals surface area contributed by atoms with Crippen LogP contribution in [0.1, 0.15) is 5.56 Å². The van der Waals surface area contributed by atoms with E-state index in [1.165, 1.54) is 22.5 Å². The predicted molar refractivity (Wildman–Crippen MR) is 115 cm³/mol. The third-order valence-corrected chi connectivity index (χ3v) is 7.19. The van der Waals surface area contributed by atoms with E-state index < -0.39 is 15.8 Å². The van der Waals surface area contributed by atoms with Crippen molar-refractivity contribution >= 4 is 39.1 Å². The first-order valence-electron chi connectivity index (χ1n) is 9.33. The molecule has 162 valence electrons. The molecule has 0 N–H and O–H groups in total. The highest BCUT2D eigenvalue weighted by Gasteiger charge is 2.31. The Balaban J connectivity index is 1.55. The van der Waals surface area contributed by atoms with Crippen molar-refractivity contribution in [3.8, 4) is 0 Å². The number of halogens is 3. The number of nitrogens with zero attached hydrogens (tertiary/aromatic N) is 3. The van der Waals surface area contributed by atoms with E-state index in [2.05, 4.69) is 0 Å². The molecule has 1 saturated heterocycles. The van der Waals surface area contributed by atoms with Gasteiger partial charge in [-0.25, -0.2) is 12.8 Å². The molecule has 3 rings (SSSR count). The van der Waals surface area contributed by atoms with Gasteiger partial charge in [-0.15, -0.1) is 0 Å². The summed E-state index contributed by atoms with van der Waals surface area (Å²) in [4.78, 5) is 15.7. The SMILES string of the molecule is CN(CC(=O)N1CCN(S(=O)(=O)c2ccccc2F)CC1)Cc1cc(Cl)cc(Cl)c1. The number of hydrogen-bond acceptors (Lipinski definition) is 4. The summed E-state index contributed by atoms with van der Waals surface area (Å²) in [7, 11) is -2.12. The molecular weight excluding hydrogens is 452 g/mol. The Bertz CT molecular complexity index is 1010. The highest BCUT2D eigenvalue weighted by atomic mass is 35.5. The summed E-state index contributed by atoms with van der Waals surface area (Å²) in [6, 6.07) is 10.5. The first-order chi connectivity index (χ1) is 14.2. The maximum Gasteiger partial charge on any atom is 0.246 e. The Morgan fingerprint density at radius 3 is 2.27 bits per heavy atom. The van der Waals surface area contributed by atoms with E-state index in [-0.39, 0.29) is 43.5 Å². The van der Waals surface area contributed by atoms with E-state index in [1.807, 2.05) is 11.9 Å². The molecule has 0 atom stereocenters. The van der Waals surface area contributed by atoms with E-state index in [4.69, 9.17) is 23.2 Å². The third-order valence-electron chi connectivity index (χ3n) is 4.83. The number of benzene rings is 2. The summed E-state index contributed by atoms with van der Waals surface area (Å²) >= 11 is 12.0. The van der Waals surface area contributed by atoms with Crippen LogP contribution in [-0.4, -0.2) is 68.2 Å². The van der Waals surface area contributed by atoms with Crippen molar-refractivity contribution in [1.82, 2.24) is 14.1 Å². The molecular formula is C20H22Cl2FN3O3S. The van der Waals surface area contributed by atoms with Crippen LogP contribution < -0.4 is 0 Å². The summed E-state index contributed by atoms with van der Waals surface area (Å²) in [5, 5.41) is 1.06. The Morgan fingerprint density at radius 1 is 1.07 bits per heavy atom. The summed E-state index contributed by atoms with van der Waals surface area (Å²) in [6.07, 6.45) is 0. The minimum Gasteiger partial charge on any atom is -0.339 e. The Labute approximate surface area is 185 Å². The molecule has 1 heterocycles. The van der Waals surface area contributed by atoms with Crippen molar-refractivity contribution in [3.63, 3.8) is 0 Å². The van der Waals surface area contributed by atoms with Gasteiger partial charge in [0.1, 0.15) is 10.7 Å². The second-order valence-corrected chi connectivity index (χ2v) is 9.94. The third kappa shape index (κ3) is 5.50. The standard InChI is InChI=1S/C20H22Cl2FN3O3S/c1-24(13-15-10-16(21)12-17(22)11-15)14-20(27)25-6-8-26(9-7-25)30(28,29)19-5-3-2-4-18(19)23/h2-5,10-12H,6-9,13-14H2,1H3. The number of piperazine rings is 1. The van der Waals surface area contributed by atoms with Crippen LogP contribution in [0.15, 0.2) is 47.4 Å². The van der Waals surface area contributed by atoms with Crippen LogP contribution in [0.5, 0.6) is 0 Å². The molecule has 1 aliphatic heterocycles. The van der Waals surface area contributed by atoms with E-state index >= 15 is 0 Å². The number of hydrogen-bond donors (Lipinski definition) is 0. The van der Waals surface area contributed by atoms with Gasteiger partial charge in [-0.3, -0.25) is 9.69 Å². The van der Waals surface area contributed by atoms with Gasteiger partial charge in [-0.05, 0) is 42.9 Å². The minimum absolute atomic E-state index is 0.103. The monoisotopic (exact) mass is 473 g/mol. The fraction of sp³-hybridized carbons (Fsp3) is 0.350. The molecule has 30 heavy (non-hydrogen) atoms. The van der Waals surface area contributed by atoms with Crippen LogP contribution in [-0.2, 0) is 21.4 Å². The molecule has 1 aliphatic rings. The average molecular weight is 474 g/mol. The highest BCUT2D eigenvalue weighted by molar-refractivity contribution is 7.89. The van der Waals surface area contributed by atoms with Crippen molar-refractivity contribution in [2.75, 3.05) is 39.8 Å². The van der Waals surface area contributed by atoms with Gasteiger partial charge in [0.25, 0.3) is 0 Å². The zero-order valence-electron chi connectivity index (χ0n) is 16.4. The van der Waals surface area contributed by atoms with E-state index in [1.54, 1.807) is 23.1 Å². The molecule has 0 saturated carbocycles. The average Bonchev–Trinajstić information content (AvgIpc) is 2.67. The Morgan fingerprint density at radius 2 is 1.67 bits per heavy atom. The minimum atomic E-state index is -3.93. The number of carbonyl (C=O) groups excluding carboxylic acids is 1. The smallest absolute Gasteiger partial charge is 0.246 e. The molecule has 2 aromatic carbocycles. The lowest BCUT2D eigenvalue weighted by Gasteiger charge is -2.34. The van der Waals surface area contributed by atoms with E-state index in [0.29, 0.717) is 16.6 Å². The van der Waals surface area contributed by atoms with Crippen LogP contribution in [0.2, 0.25) is 10.0 Å². The van der Waals surface area contributed by atoms with Gasteiger partial charge in [0.15, 0.2) is 0 Å². The summed E-state index contributed by atoms with van der Waals surface area (Å²) in [5.41, 5.74) is 0.892. The molecule has 0 aliphatic carbocycles. The highest BCUT2D eigenvalue weighted by Crippen LogP contribution is 2.21. The van der Waals surface area contributed by atoms with Gasteiger partial charge in [0, 0.05) is 42.8 Å². The van der Waals surface area contributed by atoms with Gasteiger partial charge in [0.2, 0.25) is 15.9 Å². The van der Waals surface area contributed by atoms with E-state index in [0.717, 1.165) is 11.6 Å². The molecule has 0 unspecified atom stereocenters. The zero-order valence-corrected chi connectivity index (χ0v) is 18.7. The second-order valence-electron chi connectivity index (χ2n) is 7.17. The lowest BCUT2D eigenvalue weighted by atomic mass is 10.2. The molecule has 0 bridgehead atoms. The second kappa shape index (κ2) is 9.62. The van der Waals surface area contributed by atoms with Crippen molar-refractivity contribution < 1.29 is 17.6 Å². The van der Waals surface area contributed by atoms with Gasteiger partial charge < -0.3 is 4.90 Å². The maximum absolute atomic E-state index is 13.9. The van der Waals surface area contributed by atoms with Gasteiger partial charge >= 0.3 is 0 Å². The van der Waals surface area contributed by atoms with E-state index in [9.17, 15) is 17.6 Å². The van der Waals surface area contributed by atoms with Crippen LogP contribution in [0.3, 0.4) is 0 Å². The fourth-order valence-corrected chi connectivity index (χ4v) is 5.43. The lowest BCUT2D eigenvalue weighted by Crippen LogP contribution is -2.52. The van der Waals surface area contributed by atoms with Gasteiger partial charge in [-0.1, -0.05) is 35.3 Å². The molecule has 1 amide bonds. The number of likely N-dealkylation sites (N-methyl/N-ethyl adjacent to an activating group) is 1. The van der Waals surface area contributed by atoms with Crippen LogP contribution in [0.25, 0.3) is 0 Å². The van der Waals surface area contributed by atoms with Gasteiger partial charge in [0.05, 0.1) is 6.54 Å². The summed E-state index contributed by atoms with van der Waals surface area (Å²) in [5.74, 6) is -0.882. The molecule has 0 radical (unpaired) electrons. The fourth-order valence-electron chi connectivity index (χ4n) is 3.37. The number of amides is 1. The normalized spacial score (nSPS) is 15.6. The Kier molecular flexibility index (Phi) is 7.36. The number of carbonyl (C=O) groups is 1. The first kappa shape index (κ1) is 23.0. The quantitative estimate of drug-likeness (QED) is 0.646. The lowest BCUT2D eigenvalue weighted by molar-refractivity contribution is -0.133. The Hall–Kier alpha value is -1.71. The molecule has 6 nitrogen and oxygen atoms in total. The predicted octanol–water partition coefficient (Wildman–Crippen LogP) is 3.10. The van der Waals surface area contributed by atoms with Crippen molar-refractivity contribution in [2.45, 2.75) is 11.4 Å². The van der Waals surface area contributed by atoms with Crippen molar-refractivity contribution in [1.29, 1.82) is 0 Å².